The second-order valence-corrected chi connectivity index (χ2v) is 10.7. The molecule has 6 nitrogen and oxygen atoms in total. The van der Waals surface area contributed by atoms with Crippen LogP contribution in [0.5, 0.6) is 11.5 Å². The highest BCUT2D eigenvalue weighted by atomic mass is 32.2. The number of hydrogen-bond acceptors (Lipinski definition) is 4. The van der Waals surface area contributed by atoms with Crippen LogP contribution >= 0.6 is 0 Å². The van der Waals surface area contributed by atoms with E-state index in [4.69, 9.17) is 9.72 Å². The van der Waals surface area contributed by atoms with E-state index in [1.165, 1.54) is 0 Å². The number of ether oxygens (including phenoxy) is 1. The highest BCUT2D eigenvalue weighted by Crippen LogP contribution is 2.30. The van der Waals surface area contributed by atoms with Gasteiger partial charge in [0.15, 0.2) is 11.0 Å². The molecule has 0 amide bonds. The highest BCUT2D eigenvalue weighted by molar-refractivity contribution is 7.86. The predicted octanol–water partition coefficient (Wildman–Crippen LogP) is 7.30. The number of para-hydroxylation sites is 1. The Kier molecular flexibility index (Phi) is 6.73. The van der Waals surface area contributed by atoms with Gasteiger partial charge in [-0.25, -0.2) is 9.19 Å². The summed E-state index contributed by atoms with van der Waals surface area (Å²) < 4.78 is 22.4. The SMILES string of the molecule is CN(C)c1cccc2c(S(=O)Nc3ccc4nc(Cc5ccc(Oc6ccccc6)cc5)[nH]c4c3)cccc12. The number of rotatable bonds is 8. The van der Waals surface area contributed by atoms with Gasteiger partial charge >= 0.3 is 0 Å². The van der Waals surface area contributed by atoms with E-state index in [-0.39, 0.29) is 0 Å². The lowest BCUT2D eigenvalue weighted by atomic mass is 10.1. The topological polar surface area (TPSA) is 70.2 Å². The van der Waals surface area contributed by atoms with Gasteiger partial charge in [-0.2, -0.15) is 0 Å². The number of hydrogen-bond donors (Lipinski definition) is 2. The summed E-state index contributed by atoms with van der Waals surface area (Å²) in [6.45, 7) is 0. The summed E-state index contributed by atoms with van der Waals surface area (Å²) in [5.74, 6) is 2.47. The van der Waals surface area contributed by atoms with Crippen molar-refractivity contribution in [1.82, 2.24) is 9.97 Å². The molecule has 6 aromatic rings. The second-order valence-electron chi connectivity index (χ2n) is 9.54. The maximum atomic E-state index is 13.4. The first-order chi connectivity index (χ1) is 19.0. The zero-order valence-corrected chi connectivity index (χ0v) is 22.5. The molecule has 0 bridgehead atoms. The zero-order chi connectivity index (χ0) is 26.8. The standard InChI is InChI=1S/C32H28N4O2S/c1-36(2)30-12-6-11-27-26(30)10-7-13-31(27)39(37)35-23-16-19-28-29(21-23)34-32(33-28)20-22-14-17-25(18-15-22)38-24-8-4-3-5-9-24/h3-19,21,35H,20H2,1-2H3,(H,33,34). The lowest BCUT2D eigenvalue weighted by Crippen LogP contribution is -2.10. The third-order valence-corrected chi connectivity index (χ3v) is 7.73. The maximum Gasteiger partial charge on any atom is 0.150 e. The van der Waals surface area contributed by atoms with E-state index < -0.39 is 11.0 Å². The number of anilines is 2. The molecule has 1 aromatic heterocycles. The molecule has 1 unspecified atom stereocenters. The minimum Gasteiger partial charge on any atom is -0.457 e. The molecule has 0 aliphatic heterocycles. The van der Waals surface area contributed by atoms with E-state index in [1.54, 1.807) is 0 Å². The first-order valence-corrected chi connectivity index (χ1v) is 13.9. The quantitative estimate of drug-likeness (QED) is 0.216. The third kappa shape index (κ3) is 5.35. The van der Waals surface area contributed by atoms with E-state index in [1.807, 2.05) is 111 Å². The fourth-order valence-corrected chi connectivity index (χ4v) is 5.71. The van der Waals surface area contributed by atoms with Crippen LogP contribution in [0.2, 0.25) is 0 Å². The minimum absolute atomic E-state index is 0.666. The molecule has 1 heterocycles. The van der Waals surface area contributed by atoms with Gasteiger partial charge in [-0.1, -0.05) is 54.6 Å². The minimum atomic E-state index is -1.43. The van der Waals surface area contributed by atoms with E-state index in [9.17, 15) is 4.21 Å². The van der Waals surface area contributed by atoms with Crippen molar-refractivity contribution >= 4 is 44.2 Å². The average Bonchev–Trinajstić information content (AvgIpc) is 3.35. The molecule has 6 rings (SSSR count). The number of aromatic nitrogens is 2. The molecule has 39 heavy (non-hydrogen) atoms. The van der Waals surface area contributed by atoms with Crippen LogP contribution in [0.25, 0.3) is 21.8 Å². The van der Waals surface area contributed by atoms with Crippen molar-refractivity contribution in [2.75, 3.05) is 23.7 Å². The van der Waals surface area contributed by atoms with Crippen LogP contribution in [0.4, 0.5) is 11.4 Å². The summed E-state index contributed by atoms with van der Waals surface area (Å²) in [6, 6.07) is 35.6. The molecule has 0 aliphatic rings. The van der Waals surface area contributed by atoms with Crippen LogP contribution in [0.3, 0.4) is 0 Å². The summed E-state index contributed by atoms with van der Waals surface area (Å²) >= 11 is 0. The van der Waals surface area contributed by atoms with Crippen LogP contribution in [0.15, 0.2) is 114 Å². The molecule has 0 fully saturated rings. The summed E-state index contributed by atoms with van der Waals surface area (Å²) in [5.41, 5.74) is 4.74. The second kappa shape index (κ2) is 10.6. The van der Waals surface area contributed by atoms with Crippen molar-refractivity contribution in [2.24, 2.45) is 0 Å². The molecule has 1 atom stereocenters. The maximum absolute atomic E-state index is 13.4. The fourth-order valence-electron chi connectivity index (χ4n) is 4.68. The molecule has 194 valence electrons. The molecule has 0 saturated heterocycles. The normalized spacial score (nSPS) is 11.9. The van der Waals surface area contributed by atoms with Gasteiger partial charge in [0.05, 0.1) is 15.9 Å². The van der Waals surface area contributed by atoms with Gasteiger partial charge in [0.25, 0.3) is 0 Å². The Morgan fingerprint density at radius 2 is 1.56 bits per heavy atom. The summed E-state index contributed by atoms with van der Waals surface area (Å²) in [7, 11) is 2.60. The number of fused-ring (bicyclic) bond motifs is 2. The van der Waals surface area contributed by atoms with Crippen LogP contribution in [-0.4, -0.2) is 28.3 Å². The van der Waals surface area contributed by atoms with E-state index >= 15 is 0 Å². The molecular formula is C32H28N4O2S. The predicted molar refractivity (Wildman–Crippen MR) is 160 cm³/mol. The summed E-state index contributed by atoms with van der Waals surface area (Å²) in [5, 5.41) is 2.04. The van der Waals surface area contributed by atoms with E-state index in [2.05, 4.69) is 26.7 Å². The van der Waals surface area contributed by atoms with E-state index in [0.717, 1.165) is 61.0 Å². The van der Waals surface area contributed by atoms with Gasteiger partial charge in [-0.05, 0) is 60.2 Å². The van der Waals surface area contributed by atoms with Crippen molar-refractivity contribution < 1.29 is 8.95 Å². The van der Waals surface area contributed by atoms with Gasteiger partial charge < -0.3 is 19.3 Å². The Bertz CT molecular complexity index is 1780. The lowest BCUT2D eigenvalue weighted by molar-refractivity contribution is 0.482. The van der Waals surface area contributed by atoms with Crippen LogP contribution in [0, 0.1) is 0 Å². The van der Waals surface area contributed by atoms with E-state index in [0.29, 0.717) is 6.42 Å². The highest BCUT2D eigenvalue weighted by Gasteiger charge is 2.13. The smallest absolute Gasteiger partial charge is 0.150 e. The van der Waals surface area contributed by atoms with Crippen molar-refractivity contribution in [3.63, 3.8) is 0 Å². The van der Waals surface area contributed by atoms with Crippen molar-refractivity contribution in [3.05, 3.63) is 121 Å². The van der Waals surface area contributed by atoms with Crippen LogP contribution in [0.1, 0.15) is 11.4 Å². The summed E-state index contributed by atoms with van der Waals surface area (Å²) in [6.07, 6.45) is 0.666. The number of aromatic amines is 1. The lowest BCUT2D eigenvalue weighted by Gasteiger charge is -2.17. The van der Waals surface area contributed by atoms with Crippen LogP contribution in [-0.2, 0) is 17.4 Å². The van der Waals surface area contributed by atoms with Gasteiger partial charge in [0, 0.05) is 42.7 Å². The van der Waals surface area contributed by atoms with Gasteiger partial charge in [-0.15, -0.1) is 0 Å². The number of benzene rings is 5. The number of nitrogens with zero attached hydrogens (tertiary/aromatic N) is 2. The van der Waals surface area contributed by atoms with Crippen LogP contribution < -0.4 is 14.4 Å². The first-order valence-electron chi connectivity index (χ1n) is 12.7. The summed E-state index contributed by atoms with van der Waals surface area (Å²) in [4.78, 5) is 11.0. The Balaban J connectivity index is 1.18. The molecule has 0 radical (unpaired) electrons. The number of H-pyrrole nitrogens is 1. The van der Waals surface area contributed by atoms with Gasteiger partial charge in [0.1, 0.15) is 17.3 Å². The Hall–Kier alpha value is -4.62. The Morgan fingerprint density at radius 3 is 2.36 bits per heavy atom. The largest absolute Gasteiger partial charge is 0.457 e. The number of nitrogens with one attached hydrogen (secondary N) is 2. The Labute approximate surface area is 229 Å². The molecular weight excluding hydrogens is 504 g/mol. The molecule has 7 heteroatoms. The monoisotopic (exact) mass is 532 g/mol. The first kappa shape index (κ1) is 24.7. The average molecular weight is 533 g/mol. The van der Waals surface area contributed by atoms with Crippen molar-refractivity contribution in [3.8, 4) is 11.5 Å². The zero-order valence-electron chi connectivity index (χ0n) is 21.7. The molecule has 0 aliphatic carbocycles. The molecule has 0 spiro atoms. The number of imidazole rings is 1. The van der Waals surface area contributed by atoms with Crippen molar-refractivity contribution in [2.45, 2.75) is 11.3 Å². The molecule has 2 N–H and O–H groups in total. The van der Waals surface area contributed by atoms with Gasteiger partial charge in [-0.3, -0.25) is 0 Å². The van der Waals surface area contributed by atoms with Gasteiger partial charge in [0.2, 0.25) is 0 Å². The Morgan fingerprint density at radius 1 is 0.821 bits per heavy atom. The third-order valence-electron chi connectivity index (χ3n) is 6.56. The fraction of sp³-hybridized carbons (Fsp3) is 0.0938. The molecule has 0 saturated carbocycles. The molecule has 5 aromatic carbocycles. The van der Waals surface area contributed by atoms with Crippen molar-refractivity contribution in [1.29, 1.82) is 0 Å².